The first-order valence-corrected chi connectivity index (χ1v) is 15.7. The van der Waals surface area contributed by atoms with Crippen LogP contribution in [0.2, 0.25) is 0 Å². The molecule has 0 saturated heterocycles. The van der Waals surface area contributed by atoms with Crippen LogP contribution in [-0.2, 0) is 32.0 Å². The first kappa shape index (κ1) is 36.2. The van der Waals surface area contributed by atoms with Crippen molar-refractivity contribution in [2.24, 2.45) is 45.5 Å². The fourth-order valence-corrected chi connectivity index (χ4v) is 5.38. The van der Waals surface area contributed by atoms with E-state index in [4.69, 9.17) is 30.0 Å². The molecule has 12 nitrogen and oxygen atoms in total. The molecule has 0 aliphatic rings. The van der Waals surface area contributed by atoms with E-state index in [1.165, 1.54) is 0 Å². The molecule has 0 aliphatic carbocycles. The predicted octanol–water partition coefficient (Wildman–Crippen LogP) is 1.43. The Morgan fingerprint density at radius 2 is 1.57 bits per heavy atom. The van der Waals surface area contributed by atoms with Crippen LogP contribution in [0.25, 0.3) is 0 Å². The minimum Gasteiger partial charge on any atom is -0.508 e. The number of guanidine groups is 1. The van der Waals surface area contributed by atoms with Crippen LogP contribution in [0.5, 0.6) is 5.75 Å². The van der Waals surface area contributed by atoms with Gasteiger partial charge in [-0.15, -0.1) is 0 Å². The highest BCUT2D eigenvalue weighted by molar-refractivity contribution is 5.94. The van der Waals surface area contributed by atoms with Crippen LogP contribution in [0.1, 0.15) is 68.6 Å². The van der Waals surface area contributed by atoms with Crippen LogP contribution >= 0.6 is 0 Å². The highest BCUT2D eigenvalue weighted by Gasteiger charge is 2.31. The number of hydrogen-bond acceptors (Lipinski definition) is 8. The average Bonchev–Trinajstić information content (AvgIpc) is 2.99. The van der Waals surface area contributed by atoms with Gasteiger partial charge >= 0.3 is 0 Å². The van der Waals surface area contributed by atoms with Gasteiger partial charge in [-0.05, 0) is 99.7 Å². The fraction of sp³-hybridized carbons (Fsp3) is 0.500. The fourth-order valence-electron chi connectivity index (χ4n) is 5.38. The summed E-state index contributed by atoms with van der Waals surface area (Å²) in [6, 6.07) is 10.1. The highest BCUT2D eigenvalue weighted by atomic mass is 16.3. The Morgan fingerprint density at radius 1 is 0.913 bits per heavy atom. The molecule has 4 atom stereocenters. The van der Waals surface area contributed by atoms with E-state index in [0.29, 0.717) is 44.3 Å². The number of nitrogens with zero attached hydrogens (tertiary/aromatic N) is 1. The van der Waals surface area contributed by atoms with E-state index in [1.54, 1.807) is 56.3 Å². The monoisotopic (exact) mass is 638 g/mol. The number of Topliss-reactive ketones (excluding diaryl/α,β-unsaturated/α-hetero) is 2. The lowest BCUT2D eigenvalue weighted by atomic mass is 9.86. The molecule has 0 bridgehead atoms. The molecule has 12 heteroatoms. The molecule has 0 radical (unpaired) electrons. The van der Waals surface area contributed by atoms with Crippen molar-refractivity contribution in [2.45, 2.75) is 83.7 Å². The van der Waals surface area contributed by atoms with Crippen molar-refractivity contribution in [3.05, 3.63) is 64.7 Å². The molecule has 2 aromatic rings. The second-order valence-corrected chi connectivity index (χ2v) is 11.8. The molecule has 12 N–H and O–H groups in total. The third-order valence-electron chi connectivity index (χ3n) is 7.98. The van der Waals surface area contributed by atoms with Crippen LogP contribution in [0.3, 0.4) is 0 Å². The maximum absolute atomic E-state index is 14.0. The van der Waals surface area contributed by atoms with Gasteiger partial charge in [-0.25, -0.2) is 0 Å². The van der Waals surface area contributed by atoms with Crippen molar-refractivity contribution in [1.29, 1.82) is 0 Å². The summed E-state index contributed by atoms with van der Waals surface area (Å²) in [5.74, 6) is -5.15. The van der Waals surface area contributed by atoms with E-state index in [0.717, 1.165) is 16.7 Å². The van der Waals surface area contributed by atoms with Gasteiger partial charge in [0.05, 0.1) is 12.1 Å². The van der Waals surface area contributed by atoms with Crippen molar-refractivity contribution in [3.63, 3.8) is 0 Å². The average molecular weight is 639 g/mol. The van der Waals surface area contributed by atoms with Crippen LogP contribution in [-0.4, -0.2) is 59.6 Å². The van der Waals surface area contributed by atoms with Crippen LogP contribution in [0.4, 0.5) is 0 Å². The zero-order valence-corrected chi connectivity index (χ0v) is 27.0. The number of rotatable bonds is 21. The SMILES string of the molecule is [2H][C@](CC(=O)[C@H](CCCCN)NC(=O)[C@@H](CC(=O)[C@H](N)CCCN=C(N)N)Cc1c(C)cc(O)cc1C)(Cc1ccccc1)C(N)=O. The van der Waals surface area contributed by atoms with E-state index in [2.05, 4.69) is 10.3 Å². The number of nitrogens with two attached hydrogens (primary N) is 5. The molecular formula is C34H51N7O5. The largest absolute Gasteiger partial charge is 0.508 e. The normalized spacial score (nSPS) is 14.7. The first-order chi connectivity index (χ1) is 22.2. The lowest BCUT2D eigenvalue weighted by Gasteiger charge is -2.25. The van der Waals surface area contributed by atoms with Gasteiger partial charge in [-0.1, -0.05) is 30.3 Å². The number of benzene rings is 2. The van der Waals surface area contributed by atoms with Crippen molar-refractivity contribution in [3.8, 4) is 5.75 Å². The van der Waals surface area contributed by atoms with Crippen molar-refractivity contribution < 1.29 is 25.7 Å². The van der Waals surface area contributed by atoms with E-state index >= 15 is 0 Å². The zero-order chi connectivity index (χ0) is 35.1. The molecule has 0 saturated carbocycles. The summed E-state index contributed by atoms with van der Waals surface area (Å²) in [5.41, 5.74) is 31.2. The Bertz CT molecular complexity index is 1380. The molecule has 0 heterocycles. The molecule has 0 unspecified atom stereocenters. The number of phenols is 1. The number of primary amides is 1. The third-order valence-corrected chi connectivity index (χ3v) is 7.98. The molecule has 2 amide bonds. The van der Waals surface area contributed by atoms with Gasteiger partial charge in [0.25, 0.3) is 0 Å². The second kappa shape index (κ2) is 19.3. The summed E-state index contributed by atoms with van der Waals surface area (Å²) in [5, 5.41) is 12.9. The lowest BCUT2D eigenvalue weighted by molar-refractivity contribution is -0.133. The minimum atomic E-state index is -1.93. The van der Waals surface area contributed by atoms with Crippen molar-refractivity contribution in [2.75, 3.05) is 13.1 Å². The summed E-state index contributed by atoms with van der Waals surface area (Å²) in [4.78, 5) is 57.3. The molecule has 0 aromatic heterocycles. The maximum Gasteiger partial charge on any atom is 0.224 e. The van der Waals surface area contributed by atoms with E-state index in [-0.39, 0.29) is 43.2 Å². The summed E-state index contributed by atoms with van der Waals surface area (Å²) in [6.07, 6.45) is 1.47. The Labute approximate surface area is 273 Å². The minimum absolute atomic E-state index is 0.0598. The maximum atomic E-state index is 14.0. The number of amides is 2. The van der Waals surface area contributed by atoms with Crippen molar-refractivity contribution in [1.82, 2.24) is 5.32 Å². The first-order valence-electron chi connectivity index (χ1n) is 16.2. The zero-order valence-electron chi connectivity index (χ0n) is 28.0. The molecule has 46 heavy (non-hydrogen) atoms. The number of aryl methyl sites for hydroxylation is 2. The molecule has 0 aliphatic heterocycles. The Kier molecular flexibility index (Phi) is 15.2. The quantitative estimate of drug-likeness (QED) is 0.0593. The molecule has 0 spiro atoms. The van der Waals surface area contributed by atoms with Crippen LogP contribution < -0.4 is 34.0 Å². The summed E-state index contributed by atoms with van der Waals surface area (Å²) >= 11 is 0. The van der Waals surface area contributed by atoms with Gasteiger partial charge < -0.3 is 39.1 Å². The summed E-state index contributed by atoms with van der Waals surface area (Å²) in [7, 11) is 0. The number of aromatic hydroxyl groups is 1. The summed E-state index contributed by atoms with van der Waals surface area (Å²) in [6.45, 7) is 4.29. The molecule has 2 aromatic carbocycles. The number of unbranched alkanes of at least 4 members (excludes halogenated alkanes) is 1. The topological polar surface area (TPSA) is 243 Å². The van der Waals surface area contributed by atoms with Gasteiger partial charge in [0.15, 0.2) is 11.7 Å². The molecular weight excluding hydrogens is 586 g/mol. The van der Waals surface area contributed by atoms with E-state index < -0.39 is 47.9 Å². The van der Waals surface area contributed by atoms with Gasteiger partial charge in [0.1, 0.15) is 11.5 Å². The molecule has 0 fully saturated rings. The number of ketones is 2. The molecule has 252 valence electrons. The van der Waals surface area contributed by atoms with Crippen LogP contribution in [0, 0.1) is 25.7 Å². The highest BCUT2D eigenvalue weighted by Crippen LogP contribution is 2.26. The summed E-state index contributed by atoms with van der Waals surface area (Å²) < 4.78 is 8.83. The van der Waals surface area contributed by atoms with E-state index in [1.807, 2.05) is 0 Å². The second-order valence-electron chi connectivity index (χ2n) is 11.8. The van der Waals surface area contributed by atoms with E-state index in [9.17, 15) is 24.3 Å². The predicted molar refractivity (Wildman–Crippen MR) is 180 cm³/mol. The molecule has 2 rings (SSSR count). The standard InChI is InChI=1S/C34H51N7O5/c1-21-15-26(42)16-22(2)27(21)18-25(20-30(43)28(36)11-8-14-40-34(38)39)33(46)41-29(12-6-7-13-35)31(44)19-24(32(37)45)17-23-9-4-3-5-10-23/h3-5,9-10,15-16,24-25,28-29,42H,6-8,11-14,17-20,35-36H2,1-2H3,(H2,37,45)(H,41,46)(H4,38,39,40)/t24-,25-,28-,29+/m1/s1/i24D. The van der Waals surface area contributed by atoms with Gasteiger partial charge in [0, 0.05) is 32.6 Å². The Hall–Kier alpha value is -4.29. The van der Waals surface area contributed by atoms with Gasteiger partial charge in [0.2, 0.25) is 11.8 Å². The van der Waals surface area contributed by atoms with Gasteiger partial charge in [-0.3, -0.25) is 24.2 Å². The number of nitrogens with one attached hydrogen (secondary N) is 1. The number of carbonyl (C=O) groups is 4. The van der Waals surface area contributed by atoms with Gasteiger partial charge in [-0.2, -0.15) is 0 Å². The number of carbonyl (C=O) groups excluding carboxylic acids is 4. The Balaban J connectivity index is 2.34. The Morgan fingerprint density at radius 3 is 2.15 bits per heavy atom. The number of hydrogen-bond donors (Lipinski definition) is 7. The third kappa shape index (κ3) is 13.0. The lowest BCUT2D eigenvalue weighted by Crippen LogP contribution is -2.46. The van der Waals surface area contributed by atoms with Crippen molar-refractivity contribution >= 4 is 29.3 Å². The smallest absolute Gasteiger partial charge is 0.224 e. The van der Waals surface area contributed by atoms with Crippen LogP contribution in [0.15, 0.2) is 47.5 Å². The number of phenolic OH excluding ortho intramolecular Hbond substituents is 1. The number of aliphatic imine (C=N–C) groups is 1.